The Morgan fingerprint density at radius 3 is 2.67 bits per heavy atom. The smallest absolute Gasteiger partial charge is 0.308 e. The summed E-state index contributed by atoms with van der Waals surface area (Å²) in [5.74, 6) is -0.209. The molecule has 0 saturated heterocycles. The van der Waals surface area contributed by atoms with Crippen molar-refractivity contribution in [3.63, 3.8) is 0 Å². The van der Waals surface area contributed by atoms with Crippen LogP contribution >= 0.6 is 11.6 Å². The van der Waals surface area contributed by atoms with Crippen LogP contribution in [0.2, 0.25) is 5.02 Å². The molecule has 0 unspecified atom stereocenters. The Morgan fingerprint density at radius 2 is 2.06 bits per heavy atom. The fourth-order valence-corrected chi connectivity index (χ4v) is 1.65. The minimum Gasteiger partial charge on any atom is -0.460 e. The summed E-state index contributed by atoms with van der Waals surface area (Å²) in [6.45, 7) is 8.08. The summed E-state index contributed by atoms with van der Waals surface area (Å²) >= 11 is 6.04. The van der Waals surface area contributed by atoms with Crippen molar-refractivity contribution in [2.75, 3.05) is 11.9 Å². The molecule has 1 rings (SSSR count). The van der Waals surface area contributed by atoms with E-state index in [0.29, 0.717) is 18.0 Å². The number of rotatable bonds is 4. The van der Waals surface area contributed by atoms with E-state index in [1.807, 2.05) is 45.9 Å². The highest BCUT2D eigenvalue weighted by Crippen LogP contribution is 2.22. The molecule has 0 fully saturated rings. The Bertz CT molecular complexity index is 424. The molecular weight excluding hydrogens is 250 g/mol. The molecule has 0 aliphatic heterocycles. The number of esters is 1. The number of aryl methyl sites for hydroxylation is 1. The monoisotopic (exact) mass is 269 g/mol. The maximum Gasteiger partial charge on any atom is 0.308 e. The summed E-state index contributed by atoms with van der Waals surface area (Å²) in [6.07, 6.45) is 0.321. The first-order valence-corrected chi connectivity index (χ1v) is 6.37. The van der Waals surface area contributed by atoms with Crippen LogP contribution in [-0.4, -0.2) is 18.1 Å². The van der Waals surface area contributed by atoms with Crippen molar-refractivity contribution in [2.45, 2.75) is 39.7 Å². The molecular formula is C14H20ClNO2. The molecule has 4 heteroatoms. The molecule has 18 heavy (non-hydrogen) atoms. The third-order valence-electron chi connectivity index (χ3n) is 2.19. The highest BCUT2D eigenvalue weighted by molar-refractivity contribution is 6.33. The number of carbonyl (C=O) groups excluding carboxylic acids is 1. The SMILES string of the molecule is Cc1ccc(Cl)c(NCCC(=O)OC(C)(C)C)c1. The van der Waals surface area contributed by atoms with Gasteiger partial charge in [-0.3, -0.25) is 4.79 Å². The van der Waals surface area contributed by atoms with Gasteiger partial charge in [0.2, 0.25) is 0 Å². The third kappa shape index (κ3) is 5.41. The first-order valence-electron chi connectivity index (χ1n) is 6.00. The van der Waals surface area contributed by atoms with E-state index in [1.54, 1.807) is 0 Å². The van der Waals surface area contributed by atoms with Crippen molar-refractivity contribution in [2.24, 2.45) is 0 Å². The first kappa shape index (κ1) is 14.8. The van der Waals surface area contributed by atoms with Gasteiger partial charge in [0.25, 0.3) is 0 Å². The van der Waals surface area contributed by atoms with Gasteiger partial charge in [-0.2, -0.15) is 0 Å². The van der Waals surface area contributed by atoms with Crippen molar-refractivity contribution in [3.8, 4) is 0 Å². The van der Waals surface area contributed by atoms with E-state index in [4.69, 9.17) is 16.3 Å². The Hall–Kier alpha value is -1.22. The van der Waals surface area contributed by atoms with E-state index in [9.17, 15) is 4.79 Å². The van der Waals surface area contributed by atoms with Crippen LogP contribution in [0.15, 0.2) is 18.2 Å². The molecule has 0 aromatic heterocycles. The Morgan fingerprint density at radius 1 is 1.39 bits per heavy atom. The van der Waals surface area contributed by atoms with Crippen LogP contribution in [-0.2, 0) is 9.53 Å². The highest BCUT2D eigenvalue weighted by Gasteiger charge is 2.15. The minimum absolute atomic E-state index is 0.209. The number of hydrogen-bond acceptors (Lipinski definition) is 3. The maximum atomic E-state index is 11.5. The average Bonchev–Trinajstić information content (AvgIpc) is 2.20. The van der Waals surface area contributed by atoms with Gasteiger partial charge in [-0.15, -0.1) is 0 Å². The van der Waals surface area contributed by atoms with Crippen LogP contribution in [0, 0.1) is 6.92 Å². The van der Waals surface area contributed by atoms with Crippen LogP contribution in [0.3, 0.4) is 0 Å². The molecule has 1 N–H and O–H groups in total. The molecule has 0 saturated carbocycles. The molecule has 1 aromatic rings. The quantitative estimate of drug-likeness (QED) is 0.845. The fourth-order valence-electron chi connectivity index (χ4n) is 1.47. The summed E-state index contributed by atoms with van der Waals surface area (Å²) in [6, 6.07) is 5.74. The molecule has 0 aliphatic carbocycles. The molecule has 0 bridgehead atoms. The number of hydrogen-bond donors (Lipinski definition) is 1. The molecule has 3 nitrogen and oxygen atoms in total. The molecule has 0 radical (unpaired) electrons. The molecule has 0 spiro atoms. The average molecular weight is 270 g/mol. The lowest BCUT2D eigenvalue weighted by molar-refractivity contribution is -0.154. The van der Waals surface area contributed by atoms with Crippen molar-refractivity contribution < 1.29 is 9.53 Å². The Labute approximate surface area is 113 Å². The van der Waals surface area contributed by atoms with Gasteiger partial charge in [0.1, 0.15) is 5.60 Å². The largest absolute Gasteiger partial charge is 0.460 e. The van der Waals surface area contributed by atoms with Crippen LogP contribution < -0.4 is 5.32 Å². The second-order valence-electron chi connectivity index (χ2n) is 5.25. The van der Waals surface area contributed by atoms with Gasteiger partial charge in [0.15, 0.2) is 0 Å². The van der Waals surface area contributed by atoms with Crippen molar-refractivity contribution in [1.29, 1.82) is 0 Å². The summed E-state index contributed by atoms with van der Waals surface area (Å²) < 4.78 is 5.22. The number of halogens is 1. The van der Waals surface area contributed by atoms with Gasteiger partial charge >= 0.3 is 5.97 Å². The first-order chi connectivity index (χ1) is 8.28. The zero-order valence-electron chi connectivity index (χ0n) is 11.3. The lowest BCUT2D eigenvalue weighted by Crippen LogP contribution is -2.25. The van der Waals surface area contributed by atoms with Crippen LogP contribution in [0.25, 0.3) is 0 Å². The van der Waals surface area contributed by atoms with Gasteiger partial charge in [-0.05, 0) is 45.4 Å². The molecule has 1 aromatic carbocycles. The normalized spacial score (nSPS) is 11.2. The van der Waals surface area contributed by atoms with Gasteiger partial charge < -0.3 is 10.1 Å². The van der Waals surface area contributed by atoms with Crippen molar-refractivity contribution in [1.82, 2.24) is 0 Å². The third-order valence-corrected chi connectivity index (χ3v) is 2.52. The summed E-state index contributed by atoms with van der Waals surface area (Å²) in [5.41, 5.74) is 1.54. The van der Waals surface area contributed by atoms with Gasteiger partial charge in [-0.25, -0.2) is 0 Å². The second kappa shape index (κ2) is 6.10. The van der Waals surface area contributed by atoms with E-state index >= 15 is 0 Å². The molecule has 0 aliphatic rings. The van der Waals surface area contributed by atoms with E-state index in [-0.39, 0.29) is 5.97 Å². The van der Waals surface area contributed by atoms with E-state index in [0.717, 1.165) is 11.3 Å². The van der Waals surface area contributed by atoms with Crippen LogP contribution in [0.4, 0.5) is 5.69 Å². The standard InChI is InChI=1S/C14H20ClNO2/c1-10-5-6-11(15)12(9-10)16-8-7-13(17)18-14(2,3)4/h5-6,9,16H,7-8H2,1-4H3. The second-order valence-corrected chi connectivity index (χ2v) is 5.65. The van der Waals surface area contributed by atoms with Gasteiger partial charge in [0, 0.05) is 6.54 Å². The summed E-state index contributed by atoms with van der Waals surface area (Å²) in [7, 11) is 0. The summed E-state index contributed by atoms with van der Waals surface area (Å²) in [4.78, 5) is 11.5. The van der Waals surface area contributed by atoms with Crippen molar-refractivity contribution >= 4 is 23.3 Å². The van der Waals surface area contributed by atoms with Gasteiger partial charge in [-0.1, -0.05) is 17.7 Å². The predicted octanol–water partition coefficient (Wildman–Crippen LogP) is 3.79. The highest BCUT2D eigenvalue weighted by atomic mass is 35.5. The molecule has 100 valence electrons. The van der Waals surface area contributed by atoms with E-state index in [1.165, 1.54) is 0 Å². The zero-order chi connectivity index (χ0) is 13.8. The lowest BCUT2D eigenvalue weighted by atomic mass is 10.2. The Kier molecular flexibility index (Phi) is 5.03. The van der Waals surface area contributed by atoms with Crippen molar-refractivity contribution in [3.05, 3.63) is 28.8 Å². The maximum absolute atomic E-state index is 11.5. The number of ether oxygens (including phenoxy) is 1. The van der Waals surface area contributed by atoms with E-state index < -0.39 is 5.60 Å². The number of benzene rings is 1. The molecule has 0 atom stereocenters. The minimum atomic E-state index is -0.432. The molecule has 0 amide bonds. The summed E-state index contributed by atoms with van der Waals surface area (Å²) in [5, 5.41) is 3.79. The zero-order valence-corrected chi connectivity index (χ0v) is 12.1. The van der Waals surface area contributed by atoms with Crippen LogP contribution in [0.1, 0.15) is 32.8 Å². The lowest BCUT2D eigenvalue weighted by Gasteiger charge is -2.19. The van der Waals surface area contributed by atoms with Crippen LogP contribution in [0.5, 0.6) is 0 Å². The number of anilines is 1. The van der Waals surface area contributed by atoms with E-state index in [2.05, 4.69) is 5.32 Å². The number of carbonyl (C=O) groups is 1. The predicted molar refractivity (Wildman–Crippen MR) is 75.1 cm³/mol. The molecule has 0 heterocycles. The van der Waals surface area contributed by atoms with Gasteiger partial charge in [0.05, 0.1) is 17.1 Å². The fraction of sp³-hybridized carbons (Fsp3) is 0.500. The number of nitrogens with one attached hydrogen (secondary N) is 1. The topological polar surface area (TPSA) is 38.3 Å². The Balaban J connectivity index is 2.42.